The smallest absolute Gasteiger partial charge is 0.260 e. The fraction of sp³-hybridized carbons (Fsp3) is 0.474. The van der Waals surface area contributed by atoms with Crippen LogP contribution >= 0.6 is 0 Å². The summed E-state index contributed by atoms with van der Waals surface area (Å²) in [5.41, 5.74) is 0.745. The molecule has 0 radical (unpaired) electrons. The van der Waals surface area contributed by atoms with Crippen LogP contribution in [0, 0.1) is 17.8 Å². The second-order valence-electron chi connectivity index (χ2n) is 6.05. The van der Waals surface area contributed by atoms with Crippen molar-refractivity contribution in [3.63, 3.8) is 0 Å². The summed E-state index contributed by atoms with van der Waals surface area (Å²) >= 11 is 0. The third kappa shape index (κ3) is 3.06. The van der Waals surface area contributed by atoms with Gasteiger partial charge in [-0.1, -0.05) is 30.2 Å². The summed E-state index contributed by atoms with van der Waals surface area (Å²) in [6.07, 6.45) is 14.2. The van der Waals surface area contributed by atoms with Gasteiger partial charge in [-0.05, 0) is 43.8 Å². The van der Waals surface area contributed by atoms with E-state index >= 15 is 0 Å². The zero-order valence-electron chi connectivity index (χ0n) is 13.5. The molecule has 0 aliphatic heterocycles. The number of ketones is 1. The van der Waals surface area contributed by atoms with Crippen LogP contribution in [0.2, 0.25) is 0 Å². The maximum Gasteiger partial charge on any atom is 0.260 e. The number of carbonyl (C=O) groups excluding carboxylic acids is 1. The average Bonchev–Trinajstić information content (AvgIpc) is 2.74. The Morgan fingerprint density at radius 1 is 1.48 bits per heavy atom. The highest BCUT2D eigenvalue weighted by molar-refractivity contribution is 6.50. The van der Waals surface area contributed by atoms with Gasteiger partial charge in [-0.15, -0.1) is 6.42 Å². The first-order valence-electron chi connectivity index (χ1n) is 7.78. The predicted octanol–water partition coefficient (Wildman–Crippen LogP) is 4.29. The quantitative estimate of drug-likeness (QED) is 0.244. The molecule has 0 aromatic heterocycles. The molecule has 0 bridgehead atoms. The van der Waals surface area contributed by atoms with Crippen molar-refractivity contribution in [2.75, 3.05) is 7.05 Å². The van der Waals surface area contributed by atoms with Gasteiger partial charge in [0, 0.05) is 13.5 Å². The highest BCUT2D eigenvalue weighted by Crippen LogP contribution is 2.63. The molecular weight excluding hydrogens is 296 g/mol. The minimum Gasteiger partial charge on any atom is -0.284 e. The average molecular weight is 317 g/mol. The molecule has 1 saturated carbocycles. The van der Waals surface area contributed by atoms with Gasteiger partial charge >= 0.3 is 0 Å². The molecule has 0 saturated heterocycles. The van der Waals surface area contributed by atoms with Gasteiger partial charge in [0.05, 0.1) is 5.41 Å². The van der Waals surface area contributed by atoms with E-state index in [1.165, 1.54) is 7.05 Å². The number of halogens is 2. The third-order valence-electron chi connectivity index (χ3n) is 4.83. The monoisotopic (exact) mass is 317 g/mol. The molecule has 0 aromatic carbocycles. The van der Waals surface area contributed by atoms with E-state index in [-0.39, 0.29) is 12.1 Å². The lowest BCUT2D eigenvalue weighted by Gasteiger charge is -2.45. The van der Waals surface area contributed by atoms with E-state index in [0.717, 1.165) is 17.6 Å². The van der Waals surface area contributed by atoms with E-state index in [4.69, 9.17) is 6.42 Å². The minimum absolute atomic E-state index is 0.175. The van der Waals surface area contributed by atoms with Crippen molar-refractivity contribution >= 4 is 11.5 Å². The first-order valence-corrected chi connectivity index (χ1v) is 7.78. The molecule has 0 atom stereocenters. The van der Waals surface area contributed by atoms with Gasteiger partial charge in [0.1, 0.15) is 5.71 Å². The van der Waals surface area contributed by atoms with Crippen molar-refractivity contribution < 1.29 is 13.6 Å². The van der Waals surface area contributed by atoms with E-state index in [1.54, 1.807) is 12.2 Å². The van der Waals surface area contributed by atoms with Gasteiger partial charge in [0.15, 0.2) is 0 Å². The molecule has 0 unspecified atom stereocenters. The third-order valence-corrected chi connectivity index (χ3v) is 4.83. The molecule has 122 valence electrons. The molecule has 0 amide bonds. The fourth-order valence-corrected chi connectivity index (χ4v) is 3.41. The zero-order valence-corrected chi connectivity index (χ0v) is 13.5. The Morgan fingerprint density at radius 2 is 2.17 bits per heavy atom. The summed E-state index contributed by atoms with van der Waals surface area (Å²) < 4.78 is 28.5. The molecular formula is C19H21F2NO. The highest BCUT2D eigenvalue weighted by Gasteiger charge is 2.61. The molecule has 1 spiro atoms. The fourth-order valence-electron chi connectivity index (χ4n) is 3.41. The number of allylic oxidation sites excluding steroid dienone is 6. The lowest BCUT2D eigenvalue weighted by Crippen LogP contribution is -2.44. The number of nitrogens with zero attached hydrogens (tertiary/aromatic N) is 1. The molecule has 2 aliphatic carbocycles. The van der Waals surface area contributed by atoms with Gasteiger partial charge < -0.3 is 0 Å². The number of alkyl halides is 2. The number of hydrogen-bond donors (Lipinski definition) is 0. The van der Waals surface area contributed by atoms with E-state index in [1.807, 2.05) is 25.0 Å². The van der Waals surface area contributed by atoms with Crippen LogP contribution in [0.25, 0.3) is 0 Å². The second-order valence-corrected chi connectivity index (χ2v) is 6.05. The molecule has 2 rings (SSSR count). The van der Waals surface area contributed by atoms with Gasteiger partial charge in [-0.2, -0.15) is 0 Å². The summed E-state index contributed by atoms with van der Waals surface area (Å²) in [5.74, 6) is -1.12. The SMILES string of the molecule is C#CC(=O)C(/C=C(\C=C/C)CC1=CCC(F)(F)C12CCC2)=NC. The van der Waals surface area contributed by atoms with Crippen molar-refractivity contribution in [2.24, 2.45) is 10.4 Å². The number of aliphatic imine (C=N–C) groups is 1. The maximum absolute atomic E-state index is 14.2. The van der Waals surface area contributed by atoms with E-state index in [0.29, 0.717) is 19.3 Å². The van der Waals surface area contributed by atoms with E-state index < -0.39 is 17.1 Å². The Hall–Kier alpha value is -2.02. The summed E-state index contributed by atoms with van der Waals surface area (Å²) in [6, 6.07) is 0. The van der Waals surface area contributed by atoms with Crippen molar-refractivity contribution in [3.8, 4) is 12.3 Å². The number of rotatable bonds is 5. The van der Waals surface area contributed by atoms with Gasteiger partial charge in [0.2, 0.25) is 0 Å². The van der Waals surface area contributed by atoms with E-state index in [9.17, 15) is 13.6 Å². The van der Waals surface area contributed by atoms with Crippen molar-refractivity contribution in [2.45, 2.75) is 45.0 Å². The van der Waals surface area contributed by atoms with Crippen LogP contribution in [0.15, 0.2) is 40.4 Å². The molecule has 1 fully saturated rings. The Balaban J connectivity index is 2.28. The summed E-state index contributed by atoms with van der Waals surface area (Å²) in [6.45, 7) is 1.84. The van der Waals surface area contributed by atoms with Gasteiger partial charge in [-0.25, -0.2) is 8.78 Å². The number of carbonyl (C=O) groups is 1. The summed E-state index contributed by atoms with van der Waals surface area (Å²) in [7, 11) is 1.49. The Bertz CT molecular complexity index is 655. The van der Waals surface area contributed by atoms with Crippen LogP contribution in [0.4, 0.5) is 8.78 Å². The number of hydrogen-bond acceptors (Lipinski definition) is 2. The van der Waals surface area contributed by atoms with Crippen LogP contribution in [-0.2, 0) is 4.79 Å². The van der Waals surface area contributed by atoms with Crippen molar-refractivity contribution in [1.29, 1.82) is 0 Å². The molecule has 0 aromatic rings. The van der Waals surface area contributed by atoms with Crippen LogP contribution in [-0.4, -0.2) is 24.5 Å². The lowest BCUT2D eigenvalue weighted by molar-refractivity contribution is -0.126. The first kappa shape index (κ1) is 17.3. The van der Waals surface area contributed by atoms with Gasteiger partial charge in [0.25, 0.3) is 11.7 Å². The number of terminal acetylenes is 1. The van der Waals surface area contributed by atoms with Crippen molar-refractivity contribution in [3.05, 3.63) is 35.5 Å². The van der Waals surface area contributed by atoms with Crippen LogP contribution in [0.3, 0.4) is 0 Å². The summed E-state index contributed by atoms with van der Waals surface area (Å²) in [4.78, 5) is 15.5. The largest absolute Gasteiger partial charge is 0.284 e. The lowest BCUT2D eigenvalue weighted by atomic mass is 9.61. The maximum atomic E-state index is 14.2. The first-order chi connectivity index (χ1) is 10.9. The van der Waals surface area contributed by atoms with Crippen LogP contribution < -0.4 is 0 Å². The standard InChI is InChI=1S/C19H21F2NO/c1-4-7-14(13-16(22-3)17(23)5-2)12-15-8-11-19(20,21)18(15)9-6-10-18/h2,4,7-8,13H,6,9-12H2,1,3H3/b7-4-,14-13+,22-16?. The van der Waals surface area contributed by atoms with Crippen LogP contribution in [0.1, 0.15) is 39.0 Å². The second kappa shape index (κ2) is 6.62. The molecule has 2 aliphatic rings. The Labute approximate surface area is 136 Å². The molecule has 4 heteroatoms. The molecule has 0 heterocycles. The highest BCUT2D eigenvalue weighted by atomic mass is 19.3. The molecule has 0 N–H and O–H groups in total. The zero-order chi connectivity index (χ0) is 17.1. The Morgan fingerprint density at radius 3 is 2.65 bits per heavy atom. The normalized spacial score (nSPS) is 22.8. The minimum atomic E-state index is -2.65. The molecule has 23 heavy (non-hydrogen) atoms. The van der Waals surface area contributed by atoms with Gasteiger partial charge in [-0.3, -0.25) is 9.79 Å². The summed E-state index contributed by atoms with van der Waals surface area (Å²) in [5, 5.41) is 0. The molecule has 2 nitrogen and oxygen atoms in total. The Kier molecular flexibility index (Phi) is 4.99. The van der Waals surface area contributed by atoms with E-state index in [2.05, 4.69) is 4.99 Å². The predicted molar refractivity (Wildman–Crippen MR) is 88.6 cm³/mol. The topological polar surface area (TPSA) is 29.4 Å². The van der Waals surface area contributed by atoms with Crippen LogP contribution in [0.5, 0.6) is 0 Å². The number of Topliss-reactive ketones (excluding diaryl/α,β-unsaturated/α-hetero) is 1. The van der Waals surface area contributed by atoms with Crippen molar-refractivity contribution in [1.82, 2.24) is 0 Å².